The van der Waals surface area contributed by atoms with Gasteiger partial charge in [-0.25, -0.2) is 4.98 Å². The number of hydrogen-bond donors (Lipinski definition) is 0. The number of aryl methyl sites for hydroxylation is 1. The Bertz CT molecular complexity index is 1290. The Labute approximate surface area is 192 Å². The first kappa shape index (κ1) is 22.9. The number of para-hydroxylation sites is 1. The number of aromatic nitrogens is 2. The largest absolute Gasteiger partial charge is 0.573 e. The van der Waals surface area contributed by atoms with E-state index in [0.717, 1.165) is 0 Å². The van der Waals surface area contributed by atoms with Crippen LogP contribution in [0.15, 0.2) is 41.2 Å². The van der Waals surface area contributed by atoms with E-state index in [9.17, 15) is 23.2 Å². The molecule has 11 heteroatoms. The van der Waals surface area contributed by atoms with Gasteiger partial charge in [-0.2, -0.15) is 5.26 Å². The van der Waals surface area contributed by atoms with E-state index in [2.05, 4.69) is 9.72 Å². The highest BCUT2D eigenvalue weighted by molar-refractivity contribution is 6.29. The Balaban J connectivity index is 1.59. The molecule has 1 aliphatic heterocycles. The minimum Gasteiger partial charge on any atom is -0.405 e. The fourth-order valence-corrected chi connectivity index (χ4v) is 4.16. The highest BCUT2D eigenvalue weighted by Gasteiger charge is 2.32. The van der Waals surface area contributed by atoms with E-state index >= 15 is 0 Å². The number of benzene rings is 1. The normalized spacial score (nSPS) is 15.0. The quantitative estimate of drug-likeness (QED) is 0.534. The summed E-state index contributed by atoms with van der Waals surface area (Å²) in [6, 6.07) is 11.3. The lowest BCUT2D eigenvalue weighted by molar-refractivity contribution is -0.275. The molecule has 3 aromatic rings. The van der Waals surface area contributed by atoms with Gasteiger partial charge in [-0.3, -0.25) is 9.69 Å². The van der Waals surface area contributed by atoms with Crippen molar-refractivity contribution in [1.29, 1.82) is 5.26 Å². The minimum atomic E-state index is -4.77. The number of fused-ring (bicyclic) bond motifs is 1. The number of hydrogen-bond acceptors (Lipinski definition) is 6. The Morgan fingerprint density at radius 1 is 1.15 bits per heavy atom. The van der Waals surface area contributed by atoms with Gasteiger partial charge in [-0.1, -0.05) is 29.8 Å². The molecular formula is C22H19ClF3N5O2. The van der Waals surface area contributed by atoms with Crippen molar-refractivity contribution < 1.29 is 17.9 Å². The highest BCUT2D eigenvalue weighted by Crippen LogP contribution is 2.30. The zero-order chi connectivity index (χ0) is 23.8. The van der Waals surface area contributed by atoms with Gasteiger partial charge in [0.2, 0.25) is 0 Å². The molecular weight excluding hydrogens is 459 g/mol. The molecule has 1 aromatic carbocycles. The molecule has 172 valence electrons. The molecule has 0 atom stereocenters. The summed E-state index contributed by atoms with van der Waals surface area (Å²) in [5, 5.41) is 9.93. The van der Waals surface area contributed by atoms with Crippen molar-refractivity contribution in [2.24, 2.45) is 7.05 Å². The van der Waals surface area contributed by atoms with Crippen LogP contribution in [0, 0.1) is 11.3 Å². The van der Waals surface area contributed by atoms with Gasteiger partial charge in [0.25, 0.3) is 5.56 Å². The lowest BCUT2D eigenvalue weighted by atomic mass is 10.1. The number of alkyl halides is 3. The molecule has 0 unspecified atom stereocenters. The predicted octanol–water partition coefficient (Wildman–Crippen LogP) is 3.68. The van der Waals surface area contributed by atoms with Gasteiger partial charge in [0.05, 0.1) is 11.2 Å². The molecule has 2 aromatic heterocycles. The smallest absolute Gasteiger partial charge is 0.405 e. The van der Waals surface area contributed by atoms with Gasteiger partial charge in [0, 0.05) is 45.3 Å². The molecule has 0 bridgehead atoms. The van der Waals surface area contributed by atoms with Crippen LogP contribution in [0.25, 0.3) is 11.0 Å². The van der Waals surface area contributed by atoms with Gasteiger partial charge in [0.15, 0.2) is 0 Å². The third kappa shape index (κ3) is 4.74. The molecule has 7 nitrogen and oxygen atoms in total. The fourth-order valence-electron chi connectivity index (χ4n) is 4.01. The van der Waals surface area contributed by atoms with E-state index in [1.165, 1.54) is 16.7 Å². The molecule has 0 saturated carbocycles. The van der Waals surface area contributed by atoms with Crippen LogP contribution in [0.3, 0.4) is 0 Å². The van der Waals surface area contributed by atoms with Gasteiger partial charge < -0.3 is 14.2 Å². The van der Waals surface area contributed by atoms with E-state index in [1.807, 2.05) is 15.9 Å². The number of pyridine rings is 2. The summed E-state index contributed by atoms with van der Waals surface area (Å²) < 4.78 is 43.7. The summed E-state index contributed by atoms with van der Waals surface area (Å²) in [6.45, 7) is 2.18. The molecule has 4 rings (SSSR count). The second-order valence-electron chi connectivity index (χ2n) is 7.62. The molecule has 1 fully saturated rings. The molecule has 3 heterocycles. The number of ether oxygens (including phenoxy) is 1. The average Bonchev–Trinajstić information content (AvgIpc) is 2.77. The van der Waals surface area contributed by atoms with E-state index in [4.69, 9.17) is 11.6 Å². The summed E-state index contributed by atoms with van der Waals surface area (Å²) in [7, 11) is 1.57. The molecule has 0 radical (unpaired) electrons. The highest BCUT2D eigenvalue weighted by atomic mass is 35.5. The number of anilines is 1. The Kier molecular flexibility index (Phi) is 6.19. The predicted molar refractivity (Wildman–Crippen MR) is 117 cm³/mol. The number of rotatable bonds is 4. The van der Waals surface area contributed by atoms with Gasteiger partial charge in [-0.15, -0.1) is 13.2 Å². The summed E-state index contributed by atoms with van der Waals surface area (Å²) >= 11 is 6.09. The average molecular weight is 478 g/mol. The monoisotopic (exact) mass is 477 g/mol. The first-order chi connectivity index (χ1) is 15.7. The standard InChI is InChI=1S/C22H19ClF3N5O2/c1-29-16-6-7-18(23)28-19(16)20(15(12-27)21(29)32)31-10-8-30(9-11-31)13-14-4-2-3-5-17(14)33-22(24,25)26/h2-7H,8-11,13H2,1H3. The first-order valence-electron chi connectivity index (χ1n) is 10.1. The summed E-state index contributed by atoms with van der Waals surface area (Å²) in [6.07, 6.45) is -4.77. The Hall–Kier alpha value is -3.29. The zero-order valence-corrected chi connectivity index (χ0v) is 18.3. The van der Waals surface area contributed by atoms with Crippen molar-refractivity contribution in [3.63, 3.8) is 0 Å². The van der Waals surface area contributed by atoms with Crippen molar-refractivity contribution in [3.05, 3.63) is 63.0 Å². The summed E-state index contributed by atoms with van der Waals surface area (Å²) in [5.41, 5.74) is 1.42. The van der Waals surface area contributed by atoms with Crippen molar-refractivity contribution in [2.45, 2.75) is 12.9 Å². The topological polar surface area (TPSA) is 74.4 Å². The maximum absolute atomic E-state index is 12.8. The fraction of sp³-hybridized carbons (Fsp3) is 0.318. The molecule has 1 saturated heterocycles. The van der Waals surface area contributed by atoms with Crippen LogP contribution in [-0.4, -0.2) is 47.0 Å². The maximum atomic E-state index is 12.8. The second kappa shape index (κ2) is 8.92. The number of piperazine rings is 1. The van der Waals surface area contributed by atoms with Crippen LogP contribution < -0.4 is 15.2 Å². The third-order valence-corrected chi connectivity index (χ3v) is 5.78. The summed E-state index contributed by atoms with van der Waals surface area (Å²) in [4.78, 5) is 21.0. The van der Waals surface area contributed by atoms with E-state index in [0.29, 0.717) is 48.5 Å². The number of nitriles is 1. The maximum Gasteiger partial charge on any atom is 0.573 e. The van der Waals surface area contributed by atoms with Crippen LogP contribution in [0.5, 0.6) is 5.75 Å². The van der Waals surface area contributed by atoms with Crippen LogP contribution in [-0.2, 0) is 13.6 Å². The van der Waals surface area contributed by atoms with Crippen LogP contribution in [0.2, 0.25) is 5.15 Å². The molecule has 0 N–H and O–H groups in total. The molecule has 1 aliphatic rings. The Morgan fingerprint density at radius 2 is 1.85 bits per heavy atom. The van der Waals surface area contributed by atoms with Gasteiger partial charge >= 0.3 is 6.36 Å². The number of halogens is 4. The molecule has 0 aliphatic carbocycles. The Morgan fingerprint density at radius 3 is 2.52 bits per heavy atom. The third-order valence-electron chi connectivity index (χ3n) is 5.57. The second-order valence-corrected chi connectivity index (χ2v) is 8.01. The minimum absolute atomic E-state index is 0.0165. The SMILES string of the molecule is Cn1c(=O)c(C#N)c(N2CCN(Cc3ccccc3OC(F)(F)F)CC2)c2nc(Cl)ccc21. The van der Waals surface area contributed by atoms with Crippen LogP contribution >= 0.6 is 11.6 Å². The van der Waals surface area contributed by atoms with E-state index in [1.54, 1.807) is 31.3 Å². The first-order valence-corrected chi connectivity index (χ1v) is 10.5. The van der Waals surface area contributed by atoms with Gasteiger partial charge in [-0.05, 0) is 18.2 Å². The molecule has 0 amide bonds. The number of nitrogens with zero attached hydrogens (tertiary/aromatic N) is 5. The lowest BCUT2D eigenvalue weighted by Gasteiger charge is -2.37. The van der Waals surface area contributed by atoms with Crippen molar-refractivity contribution >= 4 is 28.3 Å². The molecule has 0 spiro atoms. The van der Waals surface area contributed by atoms with Gasteiger partial charge in [0.1, 0.15) is 28.1 Å². The molecule has 33 heavy (non-hydrogen) atoms. The summed E-state index contributed by atoms with van der Waals surface area (Å²) in [5.74, 6) is -0.226. The zero-order valence-electron chi connectivity index (χ0n) is 17.6. The van der Waals surface area contributed by atoms with Crippen LogP contribution in [0.1, 0.15) is 11.1 Å². The van der Waals surface area contributed by atoms with Crippen molar-refractivity contribution in [1.82, 2.24) is 14.5 Å². The van der Waals surface area contributed by atoms with E-state index < -0.39 is 11.9 Å². The van der Waals surface area contributed by atoms with Crippen molar-refractivity contribution in [2.75, 3.05) is 31.1 Å². The lowest BCUT2D eigenvalue weighted by Crippen LogP contribution is -2.47. The van der Waals surface area contributed by atoms with E-state index in [-0.39, 0.29) is 23.0 Å². The van der Waals surface area contributed by atoms with Crippen molar-refractivity contribution in [3.8, 4) is 11.8 Å². The van der Waals surface area contributed by atoms with Crippen LogP contribution in [0.4, 0.5) is 18.9 Å².